The minimum absolute atomic E-state index is 0.0988. The van der Waals surface area contributed by atoms with Crippen LogP contribution in [-0.4, -0.2) is 62.0 Å². The molecule has 6 heteroatoms. The number of ether oxygens (including phenoxy) is 4. The van der Waals surface area contributed by atoms with E-state index in [1.54, 1.807) is 0 Å². The molecule has 2 atom stereocenters. The average molecular weight is 1090 g/mol. The molecule has 2 fully saturated rings. The van der Waals surface area contributed by atoms with Crippen LogP contribution in [0.1, 0.15) is 362 Å². The SMILES string of the molecule is CCCCCCCCCCCCCCCCCCCCCCCCCCCCSCC(C)C1OCC2(CO1)COC(C(C)CSCCCCCCCCCCCCCCCCCCCCCCCCCCCC)OC2. The van der Waals surface area contributed by atoms with E-state index in [0.29, 0.717) is 38.3 Å². The van der Waals surface area contributed by atoms with Crippen molar-refractivity contribution in [3.63, 3.8) is 0 Å². The number of rotatable bonds is 60. The minimum Gasteiger partial charge on any atom is -0.352 e. The Morgan fingerprint density at radius 2 is 0.427 bits per heavy atom. The van der Waals surface area contributed by atoms with E-state index in [4.69, 9.17) is 18.9 Å². The molecule has 2 aliphatic heterocycles. The lowest BCUT2D eigenvalue weighted by molar-refractivity contribution is -0.315. The van der Waals surface area contributed by atoms with Crippen molar-refractivity contribution in [3.8, 4) is 0 Å². The van der Waals surface area contributed by atoms with Gasteiger partial charge in [0.15, 0.2) is 12.6 Å². The normalized spacial score (nSPS) is 18.9. The summed E-state index contributed by atoms with van der Waals surface area (Å²) in [6, 6.07) is 0. The van der Waals surface area contributed by atoms with Crippen LogP contribution in [0.5, 0.6) is 0 Å². The third-order valence-corrected chi connectivity index (χ3v) is 19.9. The summed E-state index contributed by atoms with van der Waals surface area (Å²) < 4.78 is 25.3. The van der Waals surface area contributed by atoms with E-state index in [2.05, 4.69) is 51.2 Å². The maximum atomic E-state index is 6.33. The summed E-state index contributed by atoms with van der Waals surface area (Å²) in [7, 11) is 0. The minimum atomic E-state index is -0.150. The fraction of sp³-hybridized carbons (Fsp3) is 1.00. The van der Waals surface area contributed by atoms with Gasteiger partial charge in [0.25, 0.3) is 0 Å². The van der Waals surface area contributed by atoms with Crippen LogP contribution in [0.15, 0.2) is 0 Å². The molecule has 0 aromatic heterocycles. The molecule has 0 amide bonds. The maximum Gasteiger partial charge on any atom is 0.160 e. The highest BCUT2D eigenvalue weighted by molar-refractivity contribution is 7.99. The third-order valence-electron chi connectivity index (χ3n) is 17.2. The van der Waals surface area contributed by atoms with Gasteiger partial charge in [-0.1, -0.05) is 349 Å². The lowest BCUT2D eigenvalue weighted by atomic mass is 9.90. The monoisotopic (exact) mass is 1090 g/mol. The predicted molar refractivity (Wildman–Crippen MR) is 338 cm³/mol. The Bertz CT molecular complexity index is 1000. The summed E-state index contributed by atoms with van der Waals surface area (Å²) >= 11 is 4.18. The summed E-state index contributed by atoms with van der Waals surface area (Å²) in [5.41, 5.74) is -0.150. The van der Waals surface area contributed by atoms with Crippen molar-refractivity contribution < 1.29 is 18.9 Å². The van der Waals surface area contributed by atoms with Crippen LogP contribution in [0.2, 0.25) is 0 Å². The van der Waals surface area contributed by atoms with Gasteiger partial charge in [-0.2, -0.15) is 23.5 Å². The lowest BCUT2D eigenvalue weighted by Gasteiger charge is -2.45. The Hall–Kier alpha value is 0.540. The lowest BCUT2D eigenvalue weighted by Crippen LogP contribution is -2.54. The Labute approximate surface area is 480 Å². The second-order valence-electron chi connectivity index (χ2n) is 25.3. The molecule has 0 aromatic carbocycles. The molecule has 1 spiro atoms. The van der Waals surface area contributed by atoms with Crippen LogP contribution in [0.25, 0.3) is 0 Å². The zero-order valence-corrected chi connectivity index (χ0v) is 53.3. The van der Waals surface area contributed by atoms with Crippen LogP contribution in [0.4, 0.5) is 0 Å². The summed E-state index contributed by atoms with van der Waals surface area (Å²) in [5.74, 6) is 5.57. The van der Waals surface area contributed by atoms with Crippen LogP contribution < -0.4 is 0 Å². The Balaban J connectivity index is 1.25. The molecule has 0 N–H and O–H groups in total. The Kier molecular flexibility index (Phi) is 53.9. The maximum absolute atomic E-state index is 6.33. The molecular weight excluding hydrogens is 957 g/mol. The molecule has 2 aliphatic rings. The predicted octanol–water partition coefficient (Wildman–Crippen LogP) is 23.8. The first-order chi connectivity index (χ1) is 37.1. The standard InChI is InChI=1S/C69H136O4S2/c1-5-7-9-11-13-15-17-19-21-23-25-27-29-31-33-35-37-39-41-43-45-47-49-51-53-55-57-74-59-65(3)67-70-61-69(62-71-67)63-72-68(73-64-69)66(4)60-75-58-56-54-52-50-48-46-44-42-40-38-36-34-32-30-28-26-24-22-20-18-16-14-12-10-8-6-2/h65-68H,5-64H2,1-4H3. The molecule has 0 aromatic rings. The molecule has 0 bridgehead atoms. The number of unbranched alkanes of at least 4 members (excludes halogenated alkanes) is 50. The highest BCUT2D eigenvalue weighted by Gasteiger charge is 2.43. The third kappa shape index (κ3) is 45.8. The van der Waals surface area contributed by atoms with Crippen molar-refractivity contribution in [2.75, 3.05) is 49.4 Å². The molecule has 0 radical (unpaired) electrons. The van der Waals surface area contributed by atoms with Crippen molar-refractivity contribution in [3.05, 3.63) is 0 Å². The summed E-state index contributed by atoms with van der Waals surface area (Å²) in [4.78, 5) is 0. The van der Waals surface area contributed by atoms with Gasteiger partial charge in [-0.25, -0.2) is 0 Å². The van der Waals surface area contributed by atoms with Crippen LogP contribution in [-0.2, 0) is 18.9 Å². The highest BCUT2D eigenvalue weighted by atomic mass is 32.2. The summed E-state index contributed by atoms with van der Waals surface area (Å²) in [6.07, 6.45) is 75.4. The van der Waals surface area contributed by atoms with E-state index >= 15 is 0 Å². The number of hydrogen-bond acceptors (Lipinski definition) is 6. The van der Waals surface area contributed by atoms with Crippen LogP contribution in [0.3, 0.4) is 0 Å². The second-order valence-corrected chi connectivity index (χ2v) is 27.6. The van der Waals surface area contributed by atoms with Crippen LogP contribution >= 0.6 is 23.5 Å². The highest BCUT2D eigenvalue weighted by Crippen LogP contribution is 2.35. The van der Waals surface area contributed by atoms with Crippen molar-refractivity contribution >= 4 is 23.5 Å². The summed E-state index contributed by atoms with van der Waals surface area (Å²) in [6.45, 7) is 11.9. The first-order valence-electron chi connectivity index (χ1n) is 34.7. The molecule has 448 valence electrons. The fourth-order valence-corrected chi connectivity index (χ4v) is 14.0. The molecule has 4 nitrogen and oxygen atoms in total. The van der Waals surface area contributed by atoms with Crippen molar-refractivity contribution in [1.82, 2.24) is 0 Å². The fourth-order valence-electron chi connectivity index (χ4n) is 11.8. The van der Waals surface area contributed by atoms with Crippen LogP contribution in [0, 0.1) is 17.3 Å². The second kappa shape index (κ2) is 56.4. The molecule has 2 unspecified atom stereocenters. The molecular formula is C69H136O4S2. The van der Waals surface area contributed by atoms with E-state index < -0.39 is 0 Å². The van der Waals surface area contributed by atoms with E-state index in [1.165, 1.54) is 345 Å². The Morgan fingerprint density at radius 1 is 0.267 bits per heavy atom. The van der Waals surface area contributed by atoms with Gasteiger partial charge in [-0.3, -0.25) is 0 Å². The van der Waals surface area contributed by atoms with Gasteiger partial charge in [0.2, 0.25) is 0 Å². The zero-order valence-electron chi connectivity index (χ0n) is 51.7. The smallest absolute Gasteiger partial charge is 0.160 e. The van der Waals surface area contributed by atoms with Gasteiger partial charge < -0.3 is 18.9 Å². The Morgan fingerprint density at radius 3 is 0.600 bits per heavy atom. The number of hydrogen-bond donors (Lipinski definition) is 0. The van der Waals surface area contributed by atoms with Crippen molar-refractivity contribution in [2.24, 2.45) is 17.3 Å². The first-order valence-corrected chi connectivity index (χ1v) is 37.0. The first kappa shape index (κ1) is 71.6. The quantitative estimate of drug-likeness (QED) is 0.0565. The largest absolute Gasteiger partial charge is 0.352 e. The number of thioether (sulfide) groups is 2. The van der Waals surface area contributed by atoms with Gasteiger partial charge in [-0.15, -0.1) is 0 Å². The topological polar surface area (TPSA) is 36.9 Å². The van der Waals surface area contributed by atoms with E-state index in [9.17, 15) is 0 Å². The van der Waals surface area contributed by atoms with Crippen molar-refractivity contribution in [1.29, 1.82) is 0 Å². The van der Waals surface area contributed by atoms with E-state index in [-0.39, 0.29) is 18.0 Å². The van der Waals surface area contributed by atoms with Crippen molar-refractivity contribution in [2.45, 2.75) is 374 Å². The molecule has 2 heterocycles. The average Bonchev–Trinajstić information content (AvgIpc) is 3.42. The zero-order chi connectivity index (χ0) is 53.5. The molecule has 0 aliphatic carbocycles. The molecule has 2 saturated heterocycles. The van der Waals surface area contributed by atoms with Gasteiger partial charge >= 0.3 is 0 Å². The van der Waals surface area contributed by atoms with Gasteiger partial charge in [-0.05, 0) is 24.3 Å². The molecule has 75 heavy (non-hydrogen) atoms. The van der Waals surface area contributed by atoms with Gasteiger partial charge in [0, 0.05) is 23.3 Å². The van der Waals surface area contributed by atoms with Gasteiger partial charge in [0.05, 0.1) is 31.8 Å². The van der Waals surface area contributed by atoms with E-state index in [1.807, 2.05) is 0 Å². The van der Waals surface area contributed by atoms with E-state index in [0.717, 1.165) is 11.5 Å². The summed E-state index contributed by atoms with van der Waals surface area (Å²) in [5, 5.41) is 0. The van der Waals surface area contributed by atoms with Gasteiger partial charge in [0.1, 0.15) is 0 Å². The molecule has 2 rings (SSSR count). The molecule has 0 saturated carbocycles.